The minimum atomic E-state index is -0.672. The van der Waals surface area contributed by atoms with Crippen molar-refractivity contribution in [2.24, 2.45) is 5.92 Å². The molecule has 0 saturated carbocycles. The van der Waals surface area contributed by atoms with Crippen LogP contribution in [0.1, 0.15) is 36.0 Å². The summed E-state index contributed by atoms with van der Waals surface area (Å²) in [5.41, 5.74) is 1.46. The molecule has 0 radical (unpaired) electrons. The molecular weight excluding hydrogens is 322 g/mol. The van der Waals surface area contributed by atoms with Crippen molar-refractivity contribution < 1.29 is 19.5 Å². The number of nitrogens with zero attached hydrogens (tertiary/aromatic N) is 1. The highest BCUT2D eigenvalue weighted by molar-refractivity contribution is 6.04. The second-order valence-corrected chi connectivity index (χ2v) is 6.64. The number of carbonyl (C=O) groups excluding carboxylic acids is 3. The zero-order valence-electron chi connectivity index (χ0n) is 14.0. The van der Waals surface area contributed by atoms with Gasteiger partial charge in [0, 0.05) is 37.4 Å². The summed E-state index contributed by atoms with van der Waals surface area (Å²) in [5, 5.41) is 14.2. The Morgan fingerprint density at radius 2 is 2.00 bits per heavy atom. The summed E-state index contributed by atoms with van der Waals surface area (Å²) in [4.78, 5) is 37.6. The summed E-state index contributed by atoms with van der Waals surface area (Å²) in [6, 6.07) is 6.65. The van der Waals surface area contributed by atoms with E-state index < -0.39 is 11.9 Å². The Morgan fingerprint density at radius 3 is 2.68 bits per heavy atom. The lowest BCUT2D eigenvalue weighted by Gasteiger charge is -2.33. The molecule has 0 spiro atoms. The number of benzene rings is 1. The average Bonchev–Trinajstić information content (AvgIpc) is 2.64. The van der Waals surface area contributed by atoms with Crippen LogP contribution in [0.2, 0.25) is 0 Å². The van der Waals surface area contributed by atoms with Gasteiger partial charge in [-0.2, -0.15) is 0 Å². The Bertz CT molecular complexity index is 668. The van der Waals surface area contributed by atoms with E-state index in [2.05, 4.69) is 15.5 Å². The Hall–Kier alpha value is -2.41. The van der Waals surface area contributed by atoms with Crippen molar-refractivity contribution in [3.05, 3.63) is 29.8 Å². The highest BCUT2D eigenvalue weighted by Gasteiger charge is 2.28. The van der Waals surface area contributed by atoms with Gasteiger partial charge in [-0.3, -0.25) is 19.7 Å². The highest BCUT2D eigenvalue weighted by Crippen LogP contribution is 2.24. The van der Waals surface area contributed by atoms with E-state index in [0.29, 0.717) is 17.9 Å². The third-order valence-corrected chi connectivity index (χ3v) is 4.89. The fourth-order valence-corrected chi connectivity index (χ4v) is 3.29. The molecule has 25 heavy (non-hydrogen) atoms. The van der Waals surface area contributed by atoms with E-state index in [1.165, 1.54) is 0 Å². The average molecular weight is 345 g/mol. The van der Waals surface area contributed by atoms with E-state index in [-0.39, 0.29) is 24.8 Å². The van der Waals surface area contributed by atoms with Crippen LogP contribution in [-0.4, -0.2) is 48.6 Å². The first-order valence-electron chi connectivity index (χ1n) is 8.67. The maximum Gasteiger partial charge on any atom is 0.252 e. The molecule has 1 unspecified atom stereocenters. The van der Waals surface area contributed by atoms with Crippen LogP contribution in [0.3, 0.4) is 0 Å². The standard InChI is InChI=1S/C18H23N3O4/c22-11-12-6-8-21(9-7-12)14-3-1-2-13(10-14)17(24)19-15-4-5-16(23)20-18(15)25/h1-3,10,12,15,22H,4-9,11H2,(H,19,24)(H,20,23,25). The van der Waals surface area contributed by atoms with Crippen molar-refractivity contribution in [1.29, 1.82) is 0 Å². The van der Waals surface area contributed by atoms with Crippen LogP contribution in [0, 0.1) is 5.92 Å². The monoisotopic (exact) mass is 345 g/mol. The third-order valence-electron chi connectivity index (χ3n) is 4.89. The van der Waals surface area contributed by atoms with Gasteiger partial charge in [-0.1, -0.05) is 6.07 Å². The number of aliphatic hydroxyl groups is 1. The van der Waals surface area contributed by atoms with Crippen LogP contribution in [-0.2, 0) is 9.59 Å². The predicted molar refractivity (Wildman–Crippen MR) is 92.1 cm³/mol. The lowest BCUT2D eigenvalue weighted by molar-refractivity contribution is -0.134. The van der Waals surface area contributed by atoms with Crippen LogP contribution in [0.5, 0.6) is 0 Å². The Balaban J connectivity index is 1.64. The lowest BCUT2D eigenvalue weighted by atomic mass is 9.97. The lowest BCUT2D eigenvalue weighted by Crippen LogP contribution is -2.52. The molecule has 2 aliphatic rings. The van der Waals surface area contributed by atoms with Crippen molar-refractivity contribution >= 4 is 23.4 Å². The molecule has 2 fully saturated rings. The van der Waals surface area contributed by atoms with Crippen LogP contribution < -0.4 is 15.5 Å². The summed E-state index contributed by atoms with van der Waals surface area (Å²) < 4.78 is 0. The second kappa shape index (κ2) is 7.65. The number of hydrogen-bond acceptors (Lipinski definition) is 5. The van der Waals surface area contributed by atoms with Gasteiger partial charge in [0.1, 0.15) is 6.04 Å². The Morgan fingerprint density at radius 1 is 1.24 bits per heavy atom. The first kappa shape index (κ1) is 17.4. The number of amides is 3. The molecule has 2 aliphatic heterocycles. The molecule has 134 valence electrons. The molecule has 1 aromatic rings. The largest absolute Gasteiger partial charge is 0.396 e. The number of carbonyl (C=O) groups is 3. The van der Waals surface area contributed by atoms with E-state index >= 15 is 0 Å². The molecule has 7 heteroatoms. The molecule has 0 aliphatic carbocycles. The third kappa shape index (κ3) is 4.17. The smallest absolute Gasteiger partial charge is 0.252 e. The highest BCUT2D eigenvalue weighted by atomic mass is 16.3. The number of piperidine rings is 2. The Kier molecular flexibility index (Phi) is 5.33. The van der Waals surface area contributed by atoms with Gasteiger partial charge in [0.15, 0.2) is 0 Å². The van der Waals surface area contributed by atoms with Crippen molar-refractivity contribution in [1.82, 2.24) is 10.6 Å². The van der Waals surface area contributed by atoms with Crippen LogP contribution in [0.25, 0.3) is 0 Å². The number of anilines is 1. The first-order chi connectivity index (χ1) is 12.1. The zero-order valence-corrected chi connectivity index (χ0v) is 14.0. The molecule has 3 rings (SSSR count). The summed E-state index contributed by atoms with van der Waals surface area (Å²) in [5.74, 6) is -0.715. The van der Waals surface area contributed by atoms with Crippen molar-refractivity contribution in [3.63, 3.8) is 0 Å². The summed E-state index contributed by atoms with van der Waals surface area (Å²) in [7, 11) is 0. The van der Waals surface area contributed by atoms with Gasteiger partial charge in [0.05, 0.1) is 0 Å². The van der Waals surface area contributed by atoms with Crippen LogP contribution in [0.15, 0.2) is 24.3 Å². The van der Waals surface area contributed by atoms with Gasteiger partial charge in [0.25, 0.3) is 5.91 Å². The summed E-state index contributed by atoms with van der Waals surface area (Å²) in [6.07, 6.45) is 2.42. The van der Waals surface area contributed by atoms with Crippen molar-refractivity contribution in [2.45, 2.75) is 31.7 Å². The second-order valence-electron chi connectivity index (χ2n) is 6.64. The molecule has 0 bridgehead atoms. The molecule has 7 nitrogen and oxygen atoms in total. The topological polar surface area (TPSA) is 98.7 Å². The number of hydrogen-bond donors (Lipinski definition) is 3. The predicted octanol–water partition coefficient (Wildman–Crippen LogP) is 0.430. The molecule has 3 amide bonds. The number of aliphatic hydroxyl groups excluding tert-OH is 1. The molecule has 0 aromatic heterocycles. The number of nitrogens with one attached hydrogen (secondary N) is 2. The van der Waals surface area contributed by atoms with Gasteiger partial charge < -0.3 is 15.3 Å². The minimum absolute atomic E-state index is 0.224. The molecule has 2 heterocycles. The van der Waals surface area contributed by atoms with Crippen LogP contribution in [0.4, 0.5) is 5.69 Å². The van der Waals surface area contributed by atoms with E-state index in [4.69, 9.17) is 0 Å². The van der Waals surface area contributed by atoms with Crippen molar-refractivity contribution in [3.8, 4) is 0 Å². The summed E-state index contributed by atoms with van der Waals surface area (Å²) in [6.45, 7) is 1.93. The SMILES string of the molecule is O=C1CCC(NC(=O)c2cccc(N3CCC(CO)CC3)c2)C(=O)N1. The van der Waals surface area contributed by atoms with Gasteiger partial charge >= 0.3 is 0 Å². The summed E-state index contributed by atoms with van der Waals surface area (Å²) >= 11 is 0. The van der Waals surface area contributed by atoms with Crippen molar-refractivity contribution in [2.75, 3.05) is 24.6 Å². The fraction of sp³-hybridized carbons (Fsp3) is 0.500. The first-order valence-corrected chi connectivity index (χ1v) is 8.67. The van der Waals surface area contributed by atoms with E-state index in [1.807, 2.05) is 18.2 Å². The van der Waals surface area contributed by atoms with Crippen LogP contribution >= 0.6 is 0 Å². The molecule has 3 N–H and O–H groups in total. The van der Waals surface area contributed by atoms with Gasteiger partial charge in [-0.25, -0.2) is 0 Å². The fourth-order valence-electron chi connectivity index (χ4n) is 3.29. The zero-order chi connectivity index (χ0) is 17.8. The Labute approximate surface area is 146 Å². The quantitative estimate of drug-likeness (QED) is 0.688. The number of rotatable bonds is 4. The maximum atomic E-state index is 12.4. The van der Waals surface area contributed by atoms with Gasteiger partial charge in [-0.05, 0) is 43.4 Å². The molecule has 1 atom stereocenters. The van der Waals surface area contributed by atoms with Gasteiger partial charge in [0.2, 0.25) is 11.8 Å². The molecule has 1 aromatic carbocycles. The number of imide groups is 1. The molecule has 2 saturated heterocycles. The van der Waals surface area contributed by atoms with Gasteiger partial charge in [-0.15, -0.1) is 0 Å². The molecular formula is C18H23N3O4. The van der Waals surface area contributed by atoms with E-state index in [0.717, 1.165) is 31.6 Å². The minimum Gasteiger partial charge on any atom is -0.396 e. The van der Waals surface area contributed by atoms with E-state index in [1.54, 1.807) is 6.07 Å². The van der Waals surface area contributed by atoms with E-state index in [9.17, 15) is 19.5 Å². The maximum absolute atomic E-state index is 12.4. The normalized spacial score (nSPS) is 21.8.